The van der Waals surface area contributed by atoms with E-state index in [2.05, 4.69) is 20.7 Å². The lowest BCUT2D eigenvalue weighted by molar-refractivity contribution is -0.175. The average molecular weight is 345 g/mol. The van der Waals surface area contributed by atoms with Crippen LogP contribution in [0.25, 0.3) is 0 Å². The molecule has 0 aromatic heterocycles. The van der Waals surface area contributed by atoms with E-state index in [0.717, 1.165) is 0 Å². The molecule has 0 amide bonds. The normalized spacial score (nSPS) is 13.6. The Morgan fingerprint density at radius 3 is 2.58 bits per heavy atom. The van der Waals surface area contributed by atoms with E-state index < -0.39 is 24.7 Å². The summed E-state index contributed by atoms with van der Waals surface area (Å²) < 4.78 is 53.0. The highest BCUT2D eigenvalue weighted by molar-refractivity contribution is 9.10. The number of aliphatic hydroxyl groups excluding tert-OH is 1. The summed E-state index contributed by atoms with van der Waals surface area (Å²) in [7, 11) is 0. The van der Waals surface area contributed by atoms with Crippen LogP contribution in [0, 0.1) is 5.82 Å². The van der Waals surface area contributed by atoms with Crippen molar-refractivity contribution in [3.8, 4) is 0 Å². The van der Waals surface area contributed by atoms with E-state index in [1.54, 1.807) is 0 Å². The molecule has 0 fully saturated rings. The van der Waals surface area contributed by atoms with Crippen LogP contribution in [0.5, 0.6) is 0 Å². The number of rotatable bonds is 6. The lowest BCUT2D eigenvalue weighted by Gasteiger charge is -2.12. The van der Waals surface area contributed by atoms with Gasteiger partial charge < -0.3 is 9.84 Å². The van der Waals surface area contributed by atoms with Crippen LogP contribution in [0.1, 0.15) is 12.0 Å². The zero-order valence-electron chi connectivity index (χ0n) is 9.88. The maximum atomic E-state index is 13.0. The summed E-state index contributed by atoms with van der Waals surface area (Å²) in [6, 6.07) is 4.29. The summed E-state index contributed by atoms with van der Waals surface area (Å²) in [5.41, 5.74) is 0.691. The molecule has 19 heavy (non-hydrogen) atoms. The average Bonchev–Trinajstić information content (AvgIpc) is 2.28. The van der Waals surface area contributed by atoms with Gasteiger partial charge >= 0.3 is 6.18 Å². The molecule has 0 aliphatic carbocycles. The smallest absolute Gasteiger partial charge is 0.393 e. The maximum Gasteiger partial charge on any atom is 0.411 e. The van der Waals surface area contributed by atoms with Crippen LogP contribution in [0.4, 0.5) is 17.6 Å². The number of alkyl halides is 3. The van der Waals surface area contributed by atoms with Crippen LogP contribution < -0.4 is 0 Å². The van der Waals surface area contributed by atoms with Crippen LogP contribution in [0.2, 0.25) is 0 Å². The second kappa shape index (κ2) is 7.21. The van der Waals surface area contributed by atoms with Gasteiger partial charge in [-0.05, 0) is 46.5 Å². The van der Waals surface area contributed by atoms with Crippen molar-refractivity contribution in [2.24, 2.45) is 0 Å². The molecule has 2 nitrogen and oxygen atoms in total. The Balaban J connectivity index is 2.31. The lowest BCUT2D eigenvalue weighted by atomic mass is 10.1. The molecule has 1 atom stereocenters. The summed E-state index contributed by atoms with van der Waals surface area (Å²) in [6.45, 7) is -1.50. The predicted octanol–water partition coefficient (Wildman–Crippen LogP) is 3.46. The van der Waals surface area contributed by atoms with E-state index in [1.165, 1.54) is 18.2 Å². The SMILES string of the molecule is OC(CCOCC(F)(F)F)Cc1ccc(F)c(Br)c1. The monoisotopic (exact) mass is 344 g/mol. The molecule has 1 N–H and O–H groups in total. The fourth-order valence-corrected chi connectivity index (χ4v) is 1.87. The Hall–Kier alpha value is -0.660. The van der Waals surface area contributed by atoms with Gasteiger partial charge in [0.05, 0.1) is 10.6 Å². The van der Waals surface area contributed by atoms with Gasteiger partial charge in [-0.15, -0.1) is 0 Å². The molecule has 0 spiro atoms. The summed E-state index contributed by atoms with van der Waals surface area (Å²) >= 11 is 3.02. The van der Waals surface area contributed by atoms with Gasteiger partial charge in [-0.2, -0.15) is 13.2 Å². The van der Waals surface area contributed by atoms with Crippen molar-refractivity contribution in [2.45, 2.75) is 25.1 Å². The van der Waals surface area contributed by atoms with Crippen molar-refractivity contribution >= 4 is 15.9 Å². The van der Waals surface area contributed by atoms with Crippen molar-refractivity contribution in [1.82, 2.24) is 0 Å². The van der Waals surface area contributed by atoms with Gasteiger partial charge in [0.25, 0.3) is 0 Å². The van der Waals surface area contributed by atoms with Crippen molar-refractivity contribution in [3.63, 3.8) is 0 Å². The highest BCUT2D eigenvalue weighted by Gasteiger charge is 2.27. The number of hydrogen-bond donors (Lipinski definition) is 1. The van der Waals surface area contributed by atoms with Crippen LogP contribution in [0.15, 0.2) is 22.7 Å². The van der Waals surface area contributed by atoms with Crippen LogP contribution in [0.3, 0.4) is 0 Å². The molecular weight excluding hydrogens is 332 g/mol. The van der Waals surface area contributed by atoms with Gasteiger partial charge in [0, 0.05) is 6.61 Å². The Labute approximate surface area is 116 Å². The first kappa shape index (κ1) is 16.4. The molecule has 1 rings (SSSR count). The number of hydrogen-bond acceptors (Lipinski definition) is 2. The predicted molar refractivity (Wildman–Crippen MR) is 65.3 cm³/mol. The molecule has 0 heterocycles. The van der Waals surface area contributed by atoms with Crippen molar-refractivity contribution in [3.05, 3.63) is 34.1 Å². The first-order valence-electron chi connectivity index (χ1n) is 5.54. The van der Waals surface area contributed by atoms with E-state index in [-0.39, 0.29) is 23.9 Å². The van der Waals surface area contributed by atoms with Crippen molar-refractivity contribution in [2.75, 3.05) is 13.2 Å². The zero-order chi connectivity index (χ0) is 14.5. The van der Waals surface area contributed by atoms with E-state index in [9.17, 15) is 22.7 Å². The minimum Gasteiger partial charge on any atom is -0.393 e. The molecule has 0 radical (unpaired) electrons. The van der Waals surface area contributed by atoms with Gasteiger partial charge in [0.15, 0.2) is 0 Å². The first-order chi connectivity index (χ1) is 8.78. The van der Waals surface area contributed by atoms with Gasteiger partial charge in [-0.3, -0.25) is 0 Å². The molecular formula is C12H13BrF4O2. The molecule has 0 saturated carbocycles. The molecule has 0 aliphatic heterocycles. The van der Waals surface area contributed by atoms with Crippen LogP contribution in [-0.4, -0.2) is 30.6 Å². The Kier molecular flexibility index (Phi) is 6.22. The second-order valence-electron chi connectivity index (χ2n) is 4.06. The second-order valence-corrected chi connectivity index (χ2v) is 4.92. The van der Waals surface area contributed by atoms with Gasteiger partial charge in [-0.25, -0.2) is 4.39 Å². The van der Waals surface area contributed by atoms with Gasteiger partial charge in [0.2, 0.25) is 0 Å². The third kappa shape index (κ3) is 6.89. The topological polar surface area (TPSA) is 29.5 Å². The summed E-state index contributed by atoms with van der Waals surface area (Å²) in [5, 5.41) is 9.62. The summed E-state index contributed by atoms with van der Waals surface area (Å²) in [5.74, 6) is -0.410. The Bertz CT molecular complexity index is 409. The largest absolute Gasteiger partial charge is 0.411 e. The van der Waals surface area contributed by atoms with Crippen LogP contribution in [-0.2, 0) is 11.2 Å². The lowest BCUT2D eigenvalue weighted by Crippen LogP contribution is -2.20. The molecule has 0 bridgehead atoms. The molecule has 108 valence electrons. The zero-order valence-corrected chi connectivity index (χ0v) is 11.5. The third-order valence-electron chi connectivity index (χ3n) is 2.32. The van der Waals surface area contributed by atoms with Gasteiger partial charge in [-0.1, -0.05) is 6.07 Å². The number of halogens is 5. The Morgan fingerprint density at radius 2 is 2.00 bits per heavy atom. The minimum absolute atomic E-state index is 0.0884. The fourth-order valence-electron chi connectivity index (χ4n) is 1.45. The number of aliphatic hydroxyl groups is 1. The molecule has 1 aromatic rings. The molecule has 1 aromatic carbocycles. The highest BCUT2D eigenvalue weighted by atomic mass is 79.9. The van der Waals surface area contributed by atoms with Crippen molar-refractivity contribution in [1.29, 1.82) is 0 Å². The first-order valence-corrected chi connectivity index (χ1v) is 6.34. The van der Waals surface area contributed by atoms with Crippen LogP contribution >= 0.6 is 15.9 Å². The fraction of sp³-hybridized carbons (Fsp3) is 0.500. The molecule has 0 saturated heterocycles. The molecule has 0 aliphatic rings. The minimum atomic E-state index is -4.35. The summed E-state index contributed by atoms with van der Waals surface area (Å²) in [6.07, 6.45) is -4.86. The highest BCUT2D eigenvalue weighted by Crippen LogP contribution is 2.18. The van der Waals surface area contributed by atoms with E-state index in [1.807, 2.05) is 0 Å². The Morgan fingerprint density at radius 1 is 1.32 bits per heavy atom. The number of benzene rings is 1. The molecule has 1 unspecified atom stereocenters. The van der Waals surface area contributed by atoms with Crippen molar-refractivity contribution < 1.29 is 27.4 Å². The molecule has 7 heteroatoms. The van der Waals surface area contributed by atoms with E-state index >= 15 is 0 Å². The maximum absolute atomic E-state index is 13.0. The van der Waals surface area contributed by atoms with E-state index in [4.69, 9.17) is 0 Å². The number of ether oxygens (including phenoxy) is 1. The standard InChI is InChI=1S/C12H13BrF4O2/c13-10-6-8(1-2-11(10)14)5-9(18)3-4-19-7-12(15,16)17/h1-2,6,9,18H,3-5,7H2. The third-order valence-corrected chi connectivity index (χ3v) is 2.92. The van der Waals surface area contributed by atoms with Gasteiger partial charge in [0.1, 0.15) is 12.4 Å². The summed E-state index contributed by atoms with van der Waals surface area (Å²) in [4.78, 5) is 0. The van der Waals surface area contributed by atoms with E-state index in [0.29, 0.717) is 5.56 Å². The quantitative estimate of drug-likeness (QED) is 0.632.